The maximum Gasteiger partial charge on any atom is 0.433 e. The molecule has 1 rings (SSSR count). The number of carbonyl (C=O) groups is 1. The molecule has 1 heterocycles. The van der Waals surface area contributed by atoms with Gasteiger partial charge in [-0.2, -0.15) is 13.2 Å². The molecular formula is C14H19F3N2O3. The highest BCUT2D eigenvalue weighted by atomic mass is 19.4. The smallest absolute Gasteiger partial charge is 0.433 e. The van der Waals surface area contributed by atoms with Crippen molar-refractivity contribution in [2.24, 2.45) is 0 Å². The summed E-state index contributed by atoms with van der Waals surface area (Å²) < 4.78 is 42.3. The summed E-state index contributed by atoms with van der Waals surface area (Å²) >= 11 is 0. The van der Waals surface area contributed by atoms with Crippen molar-refractivity contribution in [3.8, 4) is 0 Å². The van der Waals surface area contributed by atoms with E-state index in [4.69, 9.17) is 4.74 Å². The second-order valence-corrected chi connectivity index (χ2v) is 5.78. The third kappa shape index (κ3) is 6.30. The van der Waals surface area contributed by atoms with Gasteiger partial charge in [0.05, 0.1) is 12.6 Å². The van der Waals surface area contributed by atoms with Crippen molar-refractivity contribution in [3.05, 3.63) is 29.6 Å². The van der Waals surface area contributed by atoms with Gasteiger partial charge >= 0.3 is 12.3 Å². The molecule has 0 aliphatic carbocycles. The van der Waals surface area contributed by atoms with Crippen LogP contribution in [0.5, 0.6) is 0 Å². The number of alkyl carbamates (subject to hydrolysis) is 1. The van der Waals surface area contributed by atoms with Crippen LogP contribution in [0.3, 0.4) is 0 Å². The maximum absolute atomic E-state index is 12.4. The normalized spacial score (nSPS) is 13.6. The summed E-state index contributed by atoms with van der Waals surface area (Å²) in [5.74, 6) is 0. The second-order valence-electron chi connectivity index (χ2n) is 5.78. The lowest BCUT2D eigenvalue weighted by Crippen LogP contribution is -2.42. The molecule has 2 N–H and O–H groups in total. The van der Waals surface area contributed by atoms with Crippen molar-refractivity contribution in [1.82, 2.24) is 10.3 Å². The Morgan fingerprint density at radius 1 is 1.36 bits per heavy atom. The molecule has 0 unspecified atom stereocenters. The van der Waals surface area contributed by atoms with Crippen LogP contribution in [-0.2, 0) is 17.3 Å². The summed E-state index contributed by atoms with van der Waals surface area (Å²) in [5, 5.41) is 11.7. The van der Waals surface area contributed by atoms with E-state index in [-0.39, 0.29) is 13.0 Å². The van der Waals surface area contributed by atoms with Crippen LogP contribution in [0, 0.1) is 0 Å². The van der Waals surface area contributed by atoms with E-state index in [1.54, 1.807) is 20.8 Å². The Morgan fingerprint density at radius 3 is 2.41 bits per heavy atom. The predicted octanol–water partition coefficient (Wildman–Crippen LogP) is 2.53. The van der Waals surface area contributed by atoms with E-state index >= 15 is 0 Å². The Balaban J connectivity index is 2.65. The van der Waals surface area contributed by atoms with Crippen LogP contribution in [0.25, 0.3) is 0 Å². The number of aliphatic hydroxyl groups excluding tert-OH is 1. The molecule has 1 aromatic heterocycles. The summed E-state index contributed by atoms with van der Waals surface area (Å²) in [4.78, 5) is 14.9. The fourth-order valence-electron chi connectivity index (χ4n) is 1.63. The Hall–Kier alpha value is -1.83. The van der Waals surface area contributed by atoms with E-state index in [2.05, 4.69) is 10.3 Å². The molecule has 0 aliphatic heterocycles. The molecule has 0 aromatic carbocycles. The number of aliphatic hydroxyl groups is 1. The highest BCUT2D eigenvalue weighted by Crippen LogP contribution is 2.27. The Kier molecular flexibility index (Phi) is 5.76. The number of aromatic nitrogens is 1. The van der Waals surface area contributed by atoms with Crippen LogP contribution in [0.15, 0.2) is 18.3 Å². The number of hydrogen-bond acceptors (Lipinski definition) is 4. The molecule has 1 aromatic rings. The first kappa shape index (κ1) is 18.2. The Labute approximate surface area is 126 Å². The summed E-state index contributed by atoms with van der Waals surface area (Å²) in [6, 6.07) is 1.44. The number of hydrogen-bond donors (Lipinski definition) is 2. The zero-order valence-electron chi connectivity index (χ0n) is 12.6. The number of ether oxygens (including phenoxy) is 1. The monoisotopic (exact) mass is 320 g/mol. The molecule has 0 saturated heterocycles. The largest absolute Gasteiger partial charge is 0.444 e. The van der Waals surface area contributed by atoms with Crippen molar-refractivity contribution in [1.29, 1.82) is 0 Å². The highest BCUT2D eigenvalue weighted by molar-refractivity contribution is 5.68. The van der Waals surface area contributed by atoms with Gasteiger partial charge in [-0.25, -0.2) is 4.79 Å². The lowest BCUT2D eigenvalue weighted by atomic mass is 10.1. The van der Waals surface area contributed by atoms with E-state index < -0.39 is 29.6 Å². The zero-order valence-corrected chi connectivity index (χ0v) is 12.6. The molecule has 0 spiro atoms. The third-order valence-corrected chi connectivity index (χ3v) is 2.54. The first-order valence-electron chi connectivity index (χ1n) is 6.64. The van der Waals surface area contributed by atoms with Crippen LogP contribution in [0.4, 0.5) is 18.0 Å². The van der Waals surface area contributed by atoms with Gasteiger partial charge in [0.1, 0.15) is 11.3 Å². The number of carbonyl (C=O) groups excluding carboxylic acids is 1. The molecule has 0 aliphatic rings. The molecule has 1 amide bonds. The van der Waals surface area contributed by atoms with Gasteiger partial charge in [0.2, 0.25) is 0 Å². The van der Waals surface area contributed by atoms with E-state index in [9.17, 15) is 23.1 Å². The molecule has 8 heteroatoms. The molecule has 1 atom stereocenters. The van der Waals surface area contributed by atoms with Crippen LogP contribution >= 0.6 is 0 Å². The number of pyridine rings is 1. The average Bonchev–Trinajstić information content (AvgIpc) is 2.35. The molecule has 5 nitrogen and oxygen atoms in total. The number of nitrogens with zero attached hydrogens (tertiary/aromatic N) is 1. The first-order chi connectivity index (χ1) is 10.0. The van der Waals surface area contributed by atoms with Crippen molar-refractivity contribution in [2.75, 3.05) is 6.61 Å². The third-order valence-electron chi connectivity index (χ3n) is 2.54. The fourth-order valence-corrected chi connectivity index (χ4v) is 1.63. The summed E-state index contributed by atoms with van der Waals surface area (Å²) in [6.45, 7) is 4.71. The van der Waals surface area contributed by atoms with E-state index in [1.165, 1.54) is 6.07 Å². The molecular weight excluding hydrogens is 301 g/mol. The number of amides is 1. The SMILES string of the molecule is CC(C)(C)OC(=O)N[C@H](CO)Cc1ccc(C(F)(F)F)nc1. The van der Waals surface area contributed by atoms with Gasteiger partial charge in [-0.15, -0.1) is 0 Å². The zero-order chi connectivity index (χ0) is 17.0. The summed E-state index contributed by atoms with van der Waals surface area (Å²) in [6.07, 6.45) is -3.99. The number of halogens is 3. The van der Waals surface area contributed by atoms with Gasteiger partial charge in [-0.3, -0.25) is 4.98 Å². The topological polar surface area (TPSA) is 71.5 Å². The Bertz CT molecular complexity index is 496. The molecule has 22 heavy (non-hydrogen) atoms. The number of nitrogens with one attached hydrogen (secondary N) is 1. The van der Waals surface area contributed by atoms with Gasteiger partial charge < -0.3 is 15.2 Å². The van der Waals surface area contributed by atoms with Gasteiger partial charge in [0, 0.05) is 6.20 Å². The Morgan fingerprint density at radius 2 is 2.00 bits per heavy atom. The van der Waals surface area contributed by atoms with Crippen molar-refractivity contribution in [2.45, 2.75) is 45.0 Å². The molecule has 0 saturated carbocycles. The predicted molar refractivity (Wildman–Crippen MR) is 73.2 cm³/mol. The van der Waals surface area contributed by atoms with Gasteiger partial charge in [-0.1, -0.05) is 6.07 Å². The van der Waals surface area contributed by atoms with Crippen molar-refractivity contribution >= 4 is 6.09 Å². The number of rotatable bonds is 4. The van der Waals surface area contributed by atoms with Crippen LogP contribution in [-0.4, -0.2) is 34.4 Å². The second kappa shape index (κ2) is 6.95. The van der Waals surface area contributed by atoms with Crippen LogP contribution in [0.2, 0.25) is 0 Å². The van der Waals surface area contributed by atoms with Gasteiger partial charge in [0.25, 0.3) is 0 Å². The molecule has 0 radical (unpaired) electrons. The summed E-state index contributed by atoms with van der Waals surface area (Å²) in [5.41, 5.74) is -1.21. The van der Waals surface area contributed by atoms with Crippen LogP contribution in [0.1, 0.15) is 32.0 Å². The minimum atomic E-state index is -4.50. The molecule has 0 fully saturated rings. The molecule has 0 bridgehead atoms. The van der Waals surface area contributed by atoms with E-state index in [0.29, 0.717) is 5.56 Å². The van der Waals surface area contributed by atoms with Gasteiger partial charge in [0.15, 0.2) is 0 Å². The average molecular weight is 320 g/mol. The number of alkyl halides is 3. The van der Waals surface area contributed by atoms with E-state index in [0.717, 1.165) is 12.3 Å². The van der Waals surface area contributed by atoms with Crippen molar-refractivity contribution in [3.63, 3.8) is 0 Å². The standard InChI is InChI=1S/C14H19F3N2O3/c1-13(2,3)22-12(21)19-10(8-20)6-9-4-5-11(18-7-9)14(15,16)17/h4-5,7,10,20H,6,8H2,1-3H3,(H,19,21)/t10-/m0/s1. The lowest BCUT2D eigenvalue weighted by molar-refractivity contribution is -0.141. The van der Waals surface area contributed by atoms with Gasteiger partial charge in [-0.05, 0) is 38.8 Å². The minimum absolute atomic E-state index is 0.140. The quantitative estimate of drug-likeness (QED) is 0.894. The highest BCUT2D eigenvalue weighted by Gasteiger charge is 2.32. The first-order valence-corrected chi connectivity index (χ1v) is 6.64. The van der Waals surface area contributed by atoms with Crippen LogP contribution < -0.4 is 5.32 Å². The summed E-state index contributed by atoms with van der Waals surface area (Å²) in [7, 11) is 0. The van der Waals surface area contributed by atoms with E-state index in [1.807, 2.05) is 0 Å². The molecule has 124 valence electrons. The van der Waals surface area contributed by atoms with Crippen molar-refractivity contribution < 1.29 is 27.8 Å². The maximum atomic E-state index is 12.4. The minimum Gasteiger partial charge on any atom is -0.444 e. The fraction of sp³-hybridized carbons (Fsp3) is 0.571. The lowest BCUT2D eigenvalue weighted by Gasteiger charge is -2.22.